The van der Waals surface area contributed by atoms with Crippen molar-refractivity contribution in [2.45, 2.75) is 11.5 Å². The van der Waals surface area contributed by atoms with E-state index in [4.69, 9.17) is 16.3 Å². The van der Waals surface area contributed by atoms with Gasteiger partial charge in [-0.15, -0.1) is 11.3 Å². The first-order chi connectivity index (χ1) is 13.9. The van der Waals surface area contributed by atoms with E-state index in [-0.39, 0.29) is 22.5 Å². The van der Waals surface area contributed by atoms with Gasteiger partial charge in [0.1, 0.15) is 23.1 Å². The zero-order valence-electron chi connectivity index (χ0n) is 14.7. The zero-order chi connectivity index (χ0) is 20.4. The van der Waals surface area contributed by atoms with E-state index in [2.05, 4.69) is 14.7 Å². The van der Waals surface area contributed by atoms with Gasteiger partial charge in [-0.05, 0) is 23.1 Å². The number of nitrogens with one attached hydrogen (secondary N) is 1. The fraction of sp³-hybridized carbons (Fsp3) is 0.0526. The van der Waals surface area contributed by atoms with Gasteiger partial charge in [0.05, 0.1) is 5.02 Å². The number of hydrogen-bond acceptors (Lipinski definition) is 6. The van der Waals surface area contributed by atoms with Crippen molar-refractivity contribution in [3.05, 3.63) is 76.8 Å². The highest BCUT2D eigenvalue weighted by Crippen LogP contribution is 2.32. The summed E-state index contributed by atoms with van der Waals surface area (Å²) in [6, 6.07) is 9.55. The van der Waals surface area contributed by atoms with Gasteiger partial charge in [0.2, 0.25) is 0 Å². The van der Waals surface area contributed by atoms with Gasteiger partial charge >= 0.3 is 0 Å². The van der Waals surface area contributed by atoms with Crippen LogP contribution in [0.15, 0.2) is 65.3 Å². The Kier molecular flexibility index (Phi) is 5.35. The maximum absolute atomic E-state index is 14.5. The number of nitrogens with zero attached hydrogens (tertiary/aromatic N) is 2. The van der Waals surface area contributed by atoms with E-state index in [1.54, 1.807) is 17.8 Å². The van der Waals surface area contributed by atoms with Crippen LogP contribution in [0.3, 0.4) is 0 Å². The fourth-order valence-electron chi connectivity index (χ4n) is 2.73. The molecule has 2 aromatic carbocycles. The predicted molar refractivity (Wildman–Crippen MR) is 110 cm³/mol. The second kappa shape index (κ2) is 7.94. The van der Waals surface area contributed by atoms with Gasteiger partial charge in [-0.1, -0.05) is 29.8 Å². The molecule has 0 saturated heterocycles. The SMILES string of the molecule is O=S(=O)(Nc1nccs1)c1cc(Cl)c(OCc2cccc3ccncc23)cc1F. The number of thiazole rings is 1. The fourth-order valence-corrected chi connectivity index (χ4v) is 4.89. The van der Waals surface area contributed by atoms with Gasteiger partial charge in [-0.3, -0.25) is 9.71 Å². The lowest BCUT2D eigenvalue weighted by atomic mass is 10.1. The third kappa shape index (κ3) is 4.16. The van der Waals surface area contributed by atoms with Crippen LogP contribution in [0.25, 0.3) is 10.8 Å². The normalized spacial score (nSPS) is 11.5. The number of pyridine rings is 1. The molecular formula is C19H13ClFN3O3S2. The molecule has 0 aliphatic rings. The number of sulfonamides is 1. The largest absolute Gasteiger partial charge is 0.487 e. The number of halogens is 2. The Hall–Kier alpha value is -2.75. The zero-order valence-corrected chi connectivity index (χ0v) is 17.1. The molecule has 0 radical (unpaired) electrons. The molecule has 2 aromatic heterocycles. The van der Waals surface area contributed by atoms with Crippen LogP contribution < -0.4 is 9.46 Å². The summed E-state index contributed by atoms with van der Waals surface area (Å²) in [5.74, 6) is -0.939. The van der Waals surface area contributed by atoms with Crippen LogP contribution in [0.5, 0.6) is 5.75 Å². The molecule has 148 valence electrons. The summed E-state index contributed by atoms with van der Waals surface area (Å²) in [5, 5.41) is 3.60. The minimum Gasteiger partial charge on any atom is -0.487 e. The summed E-state index contributed by atoms with van der Waals surface area (Å²) in [7, 11) is -4.17. The standard InChI is InChI=1S/C19H13ClFN3O3S2/c20-15-8-18(29(25,26)24-19-23-6-7-28-19)16(21)9-17(15)27-11-13-3-1-2-12-4-5-22-10-14(12)13/h1-10H,11H2,(H,23,24). The molecule has 0 atom stereocenters. The van der Waals surface area contributed by atoms with E-state index >= 15 is 0 Å². The molecule has 0 bridgehead atoms. The Bertz CT molecular complexity index is 1280. The van der Waals surface area contributed by atoms with Crippen molar-refractivity contribution in [1.29, 1.82) is 0 Å². The minimum atomic E-state index is -4.17. The Morgan fingerprint density at radius 2 is 2.07 bits per heavy atom. The van der Waals surface area contributed by atoms with E-state index in [0.717, 1.165) is 39.8 Å². The molecule has 0 amide bonds. The van der Waals surface area contributed by atoms with Crippen LogP contribution in [0.2, 0.25) is 5.02 Å². The Balaban J connectivity index is 1.59. The highest BCUT2D eigenvalue weighted by molar-refractivity contribution is 7.93. The van der Waals surface area contributed by atoms with Crippen LogP contribution in [0.4, 0.5) is 9.52 Å². The maximum Gasteiger partial charge on any atom is 0.266 e. The van der Waals surface area contributed by atoms with Gasteiger partial charge in [-0.2, -0.15) is 0 Å². The van der Waals surface area contributed by atoms with Crippen molar-refractivity contribution < 1.29 is 17.5 Å². The average Bonchev–Trinajstić information content (AvgIpc) is 3.20. The minimum absolute atomic E-state index is 0.0238. The second-order valence-corrected chi connectivity index (χ2v) is 8.91. The number of benzene rings is 2. The molecule has 1 N–H and O–H groups in total. The lowest BCUT2D eigenvalue weighted by molar-refractivity contribution is 0.305. The van der Waals surface area contributed by atoms with Crippen molar-refractivity contribution in [2.75, 3.05) is 4.72 Å². The van der Waals surface area contributed by atoms with E-state index in [0.29, 0.717) is 0 Å². The topological polar surface area (TPSA) is 81.2 Å². The summed E-state index contributed by atoms with van der Waals surface area (Å²) >= 11 is 7.24. The summed E-state index contributed by atoms with van der Waals surface area (Å²) in [6.45, 7) is 0.117. The summed E-state index contributed by atoms with van der Waals surface area (Å²) < 4.78 is 47.3. The monoisotopic (exact) mass is 449 g/mol. The Morgan fingerprint density at radius 1 is 1.21 bits per heavy atom. The van der Waals surface area contributed by atoms with E-state index in [1.165, 1.54) is 6.20 Å². The van der Waals surface area contributed by atoms with Crippen molar-refractivity contribution in [2.24, 2.45) is 0 Å². The second-order valence-electron chi connectivity index (χ2n) is 5.96. The molecule has 2 heterocycles. The predicted octanol–water partition coefficient (Wildman–Crippen LogP) is 4.86. The molecule has 6 nitrogen and oxygen atoms in total. The molecule has 10 heteroatoms. The third-order valence-electron chi connectivity index (χ3n) is 4.09. The van der Waals surface area contributed by atoms with Crippen LogP contribution >= 0.6 is 22.9 Å². The van der Waals surface area contributed by atoms with Gasteiger partial charge in [0, 0.05) is 35.4 Å². The van der Waals surface area contributed by atoms with E-state index < -0.39 is 20.7 Å². The molecule has 0 aliphatic carbocycles. The first kappa shape index (κ1) is 19.6. The number of rotatable bonds is 6. The van der Waals surface area contributed by atoms with Crippen molar-refractivity contribution in [3.8, 4) is 5.75 Å². The average molecular weight is 450 g/mol. The first-order valence-electron chi connectivity index (χ1n) is 8.30. The van der Waals surface area contributed by atoms with Crippen LogP contribution in [0, 0.1) is 5.82 Å². The van der Waals surface area contributed by atoms with Crippen molar-refractivity contribution in [1.82, 2.24) is 9.97 Å². The first-order valence-corrected chi connectivity index (χ1v) is 11.0. The summed E-state index contributed by atoms with van der Waals surface area (Å²) in [5.41, 5.74) is 0.842. The molecule has 29 heavy (non-hydrogen) atoms. The van der Waals surface area contributed by atoms with Crippen LogP contribution in [0.1, 0.15) is 5.56 Å². The van der Waals surface area contributed by atoms with Crippen LogP contribution in [-0.2, 0) is 16.6 Å². The van der Waals surface area contributed by atoms with Crippen molar-refractivity contribution >= 4 is 48.9 Å². The van der Waals surface area contributed by atoms with Crippen LogP contribution in [-0.4, -0.2) is 18.4 Å². The van der Waals surface area contributed by atoms with Crippen molar-refractivity contribution in [3.63, 3.8) is 0 Å². The molecule has 4 rings (SSSR count). The number of fused-ring (bicyclic) bond motifs is 1. The summed E-state index contributed by atoms with van der Waals surface area (Å²) in [6.07, 6.45) is 4.85. The Labute approximate surface area is 175 Å². The third-order valence-corrected chi connectivity index (χ3v) is 6.55. The maximum atomic E-state index is 14.5. The highest BCUT2D eigenvalue weighted by Gasteiger charge is 2.23. The molecule has 4 aromatic rings. The molecule has 0 saturated carbocycles. The smallest absolute Gasteiger partial charge is 0.266 e. The molecule has 0 unspecified atom stereocenters. The quantitative estimate of drug-likeness (QED) is 0.454. The number of aromatic nitrogens is 2. The molecule has 0 spiro atoms. The van der Waals surface area contributed by atoms with E-state index in [9.17, 15) is 12.8 Å². The van der Waals surface area contributed by atoms with Gasteiger partial charge < -0.3 is 4.74 Å². The van der Waals surface area contributed by atoms with Gasteiger partial charge in [-0.25, -0.2) is 17.8 Å². The van der Waals surface area contributed by atoms with Gasteiger partial charge in [0.25, 0.3) is 10.0 Å². The number of ether oxygens (including phenoxy) is 1. The van der Waals surface area contributed by atoms with E-state index in [1.807, 2.05) is 24.3 Å². The molecular weight excluding hydrogens is 437 g/mol. The highest BCUT2D eigenvalue weighted by atomic mass is 35.5. The van der Waals surface area contributed by atoms with Gasteiger partial charge in [0.15, 0.2) is 5.13 Å². The lowest BCUT2D eigenvalue weighted by Gasteiger charge is -2.12. The summed E-state index contributed by atoms with van der Waals surface area (Å²) in [4.78, 5) is 7.35. The Morgan fingerprint density at radius 3 is 2.86 bits per heavy atom. The lowest BCUT2D eigenvalue weighted by Crippen LogP contribution is -2.14. The number of hydrogen-bond donors (Lipinski definition) is 1. The number of anilines is 1. The molecule has 0 fully saturated rings. The molecule has 0 aliphatic heterocycles.